The minimum absolute atomic E-state index is 0.0535. The molecule has 3 heterocycles. The number of aromatic nitrogens is 3. The molecule has 0 unspecified atom stereocenters. The zero-order valence-corrected chi connectivity index (χ0v) is 20.6. The van der Waals surface area contributed by atoms with E-state index in [1.165, 1.54) is 29.6 Å². The first kappa shape index (κ1) is 23.6. The summed E-state index contributed by atoms with van der Waals surface area (Å²) in [7, 11) is 5.42. The van der Waals surface area contributed by atoms with Crippen molar-refractivity contribution >= 4 is 33.9 Å². The minimum atomic E-state index is -0.409. The van der Waals surface area contributed by atoms with Crippen LogP contribution in [-0.2, 0) is 13.0 Å². The van der Waals surface area contributed by atoms with Crippen molar-refractivity contribution in [2.24, 2.45) is 0 Å². The van der Waals surface area contributed by atoms with E-state index in [2.05, 4.69) is 44.6 Å². The molecule has 0 radical (unpaired) electrons. The van der Waals surface area contributed by atoms with Crippen molar-refractivity contribution in [1.82, 2.24) is 19.4 Å². The van der Waals surface area contributed by atoms with E-state index >= 15 is 0 Å². The number of methoxy groups -OCH3 is 1. The standard InChI is InChI=1S/C26H29N7O3/c1-31(2)13-11-27-21-15-24(36-3)22(14-23(21)33(34)35)30-26-28-10-9-20(29-26)19-16-32-12-5-7-17-6-4-8-18(19)25(17)32/h4,6,8-10,14-16,27H,5,7,11-13H2,1-3H3,(H,28,29,30). The van der Waals surface area contributed by atoms with Crippen LogP contribution in [0.1, 0.15) is 12.0 Å². The minimum Gasteiger partial charge on any atom is -0.494 e. The molecule has 5 rings (SSSR count). The number of para-hydroxylation sites is 1. The Hall–Kier alpha value is -4.18. The van der Waals surface area contributed by atoms with Gasteiger partial charge in [-0.25, -0.2) is 9.97 Å². The quantitative estimate of drug-likeness (QED) is 0.259. The topological polar surface area (TPSA) is 110 Å². The number of anilines is 3. The second kappa shape index (κ2) is 9.82. The summed E-state index contributed by atoms with van der Waals surface area (Å²) in [6.07, 6.45) is 6.04. The van der Waals surface area contributed by atoms with Crippen LogP contribution in [0.2, 0.25) is 0 Å². The Morgan fingerprint density at radius 1 is 1.22 bits per heavy atom. The predicted molar refractivity (Wildman–Crippen MR) is 141 cm³/mol. The molecule has 0 saturated carbocycles. The van der Waals surface area contributed by atoms with E-state index in [0.29, 0.717) is 29.6 Å². The van der Waals surface area contributed by atoms with Gasteiger partial charge in [-0.15, -0.1) is 0 Å². The third-order valence-corrected chi connectivity index (χ3v) is 6.39. The lowest BCUT2D eigenvalue weighted by atomic mass is 10.0. The van der Waals surface area contributed by atoms with Crippen LogP contribution in [0.3, 0.4) is 0 Å². The smallest absolute Gasteiger partial charge is 0.294 e. The highest BCUT2D eigenvalue weighted by atomic mass is 16.6. The van der Waals surface area contributed by atoms with Gasteiger partial charge in [0, 0.05) is 55.1 Å². The largest absolute Gasteiger partial charge is 0.494 e. The second-order valence-corrected chi connectivity index (χ2v) is 9.10. The number of rotatable bonds is 9. The van der Waals surface area contributed by atoms with E-state index in [-0.39, 0.29) is 5.69 Å². The maximum absolute atomic E-state index is 11.8. The van der Waals surface area contributed by atoms with Gasteiger partial charge in [0.1, 0.15) is 11.4 Å². The van der Waals surface area contributed by atoms with Crippen LogP contribution in [0.5, 0.6) is 5.75 Å². The van der Waals surface area contributed by atoms with E-state index in [0.717, 1.165) is 37.2 Å². The lowest BCUT2D eigenvalue weighted by Crippen LogP contribution is -2.21. The molecule has 0 spiro atoms. The molecule has 4 aromatic rings. The molecule has 0 atom stereocenters. The number of hydrogen-bond acceptors (Lipinski definition) is 8. The van der Waals surface area contributed by atoms with Crippen molar-refractivity contribution in [3.05, 3.63) is 64.5 Å². The Kier molecular flexibility index (Phi) is 6.43. The lowest BCUT2D eigenvalue weighted by molar-refractivity contribution is -0.383. The van der Waals surface area contributed by atoms with Gasteiger partial charge in [-0.1, -0.05) is 18.2 Å². The van der Waals surface area contributed by atoms with Gasteiger partial charge < -0.3 is 24.8 Å². The highest BCUT2D eigenvalue weighted by Gasteiger charge is 2.21. The summed E-state index contributed by atoms with van der Waals surface area (Å²) >= 11 is 0. The number of ether oxygens (including phenoxy) is 1. The van der Waals surface area contributed by atoms with Crippen molar-refractivity contribution < 1.29 is 9.66 Å². The van der Waals surface area contributed by atoms with Crippen LogP contribution in [-0.4, -0.2) is 58.7 Å². The Balaban J connectivity index is 1.48. The first-order valence-corrected chi connectivity index (χ1v) is 11.9. The fourth-order valence-electron chi connectivity index (χ4n) is 4.69. The average Bonchev–Trinajstić information content (AvgIpc) is 3.25. The first-order valence-electron chi connectivity index (χ1n) is 11.9. The normalized spacial score (nSPS) is 12.7. The molecule has 0 amide bonds. The first-order chi connectivity index (χ1) is 17.4. The van der Waals surface area contributed by atoms with Gasteiger partial charge in [0.25, 0.3) is 5.69 Å². The van der Waals surface area contributed by atoms with E-state index in [1.54, 1.807) is 12.3 Å². The molecule has 2 aromatic carbocycles. The lowest BCUT2D eigenvalue weighted by Gasteiger charge is -2.15. The molecule has 1 aliphatic heterocycles. The summed E-state index contributed by atoms with van der Waals surface area (Å²) in [5.41, 5.74) is 5.20. The summed E-state index contributed by atoms with van der Waals surface area (Å²) in [5, 5.41) is 19.2. The summed E-state index contributed by atoms with van der Waals surface area (Å²) in [4.78, 5) is 22.5. The SMILES string of the molecule is COc1cc(NCCN(C)C)c([N+](=O)[O-])cc1Nc1nccc(-c2cn3c4c(cccc24)CCC3)n1. The molecule has 10 heteroatoms. The number of nitrogens with one attached hydrogen (secondary N) is 2. The maximum Gasteiger partial charge on any atom is 0.294 e. The van der Waals surface area contributed by atoms with Crippen LogP contribution in [0.4, 0.5) is 23.0 Å². The van der Waals surface area contributed by atoms with Gasteiger partial charge >= 0.3 is 0 Å². The number of nitrogens with zero attached hydrogens (tertiary/aromatic N) is 5. The molecular weight excluding hydrogens is 458 g/mol. The average molecular weight is 488 g/mol. The molecule has 0 fully saturated rings. The number of nitro benzene ring substituents is 1. The molecule has 2 aromatic heterocycles. The van der Waals surface area contributed by atoms with Gasteiger partial charge in [-0.3, -0.25) is 10.1 Å². The van der Waals surface area contributed by atoms with Crippen molar-refractivity contribution in [2.45, 2.75) is 19.4 Å². The highest BCUT2D eigenvalue weighted by Crippen LogP contribution is 2.38. The molecule has 0 saturated heterocycles. The van der Waals surface area contributed by atoms with Crippen LogP contribution in [0, 0.1) is 10.1 Å². The second-order valence-electron chi connectivity index (χ2n) is 9.10. The highest BCUT2D eigenvalue weighted by molar-refractivity contribution is 5.97. The maximum atomic E-state index is 11.8. The third kappa shape index (κ3) is 4.55. The van der Waals surface area contributed by atoms with E-state index in [4.69, 9.17) is 9.72 Å². The van der Waals surface area contributed by atoms with Crippen LogP contribution in [0.25, 0.3) is 22.2 Å². The fourth-order valence-corrected chi connectivity index (χ4v) is 4.69. The molecule has 1 aliphatic rings. The molecule has 36 heavy (non-hydrogen) atoms. The Morgan fingerprint density at radius 2 is 2.08 bits per heavy atom. The summed E-state index contributed by atoms with van der Waals surface area (Å²) in [5.74, 6) is 0.787. The van der Waals surface area contributed by atoms with Gasteiger partial charge in [-0.05, 0) is 38.6 Å². The van der Waals surface area contributed by atoms with E-state index in [1.807, 2.05) is 25.1 Å². The molecule has 0 aliphatic carbocycles. The Labute approximate surface area is 209 Å². The predicted octanol–water partition coefficient (Wildman–Crippen LogP) is 4.68. The Bertz CT molecular complexity index is 1430. The Morgan fingerprint density at radius 3 is 2.86 bits per heavy atom. The van der Waals surface area contributed by atoms with Gasteiger partial charge in [0.15, 0.2) is 0 Å². The van der Waals surface area contributed by atoms with Gasteiger partial charge in [0.2, 0.25) is 5.95 Å². The molecule has 2 N–H and O–H groups in total. The number of aryl methyl sites for hydroxylation is 2. The monoisotopic (exact) mass is 487 g/mol. The summed E-state index contributed by atoms with van der Waals surface area (Å²) in [6.45, 7) is 2.28. The molecule has 10 nitrogen and oxygen atoms in total. The van der Waals surface area contributed by atoms with Crippen molar-refractivity contribution in [2.75, 3.05) is 44.9 Å². The van der Waals surface area contributed by atoms with Crippen LogP contribution < -0.4 is 15.4 Å². The third-order valence-electron chi connectivity index (χ3n) is 6.39. The van der Waals surface area contributed by atoms with Crippen LogP contribution >= 0.6 is 0 Å². The fraction of sp³-hybridized carbons (Fsp3) is 0.308. The van der Waals surface area contributed by atoms with Gasteiger partial charge in [-0.2, -0.15) is 0 Å². The van der Waals surface area contributed by atoms with E-state index in [9.17, 15) is 10.1 Å². The van der Waals surface area contributed by atoms with Crippen molar-refractivity contribution in [3.8, 4) is 17.0 Å². The molecule has 186 valence electrons. The summed E-state index contributed by atoms with van der Waals surface area (Å²) < 4.78 is 7.84. The number of hydrogen-bond donors (Lipinski definition) is 2. The zero-order valence-electron chi connectivity index (χ0n) is 20.6. The number of likely N-dealkylation sites (N-methyl/N-ethyl adjacent to an activating group) is 1. The molecule has 0 bridgehead atoms. The molecular formula is C26H29N7O3. The van der Waals surface area contributed by atoms with Gasteiger partial charge in [0.05, 0.1) is 28.9 Å². The zero-order chi connectivity index (χ0) is 25.2. The van der Waals surface area contributed by atoms with Crippen molar-refractivity contribution in [1.29, 1.82) is 0 Å². The summed E-state index contributed by atoms with van der Waals surface area (Å²) in [6, 6.07) is 11.4. The number of benzene rings is 2. The number of nitro groups is 1. The van der Waals surface area contributed by atoms with Crippen molar-refractivity contribution in [3.63, 3.8) is 0 Å². The van der Waals surface area contributed by atoms with Crippen LogP contribution in [0.15, 0.2) is 48.8 Å². The van der Waals surface area contributed by atoms with E-state index < -0.39 is 4.92 Å².